The highest BCUT2D eigenvalue weighted by atomic mass is 16.5. The van der Waals surface area contributed by atoms with Gasteiger partial charge in [0.15, 0.2) is 0 Å². The molecule has 0 amide bonds. The van der Waals surface area contributed by atoms with E-state index in [0.717, 1.165) is 30.4 Å². The highest BCUT2D eigenvalue weighted by Gasteiger charge is 2.53. The molecular formula is C21H38O8. The smallest absolute Gasteiger partial charge is 0.114 e. The molecule has 0 aromatic heterocycles. The van der Waals surface area contributed by atoms with Crippen LogP contribution in [0.1, 0.15) is 46.5 Å². The topological polar surface area (TPSA) is 151 Å². The van der Waals surface area contributed by atoms with E-state index >= 15 is 0 Å². The summed E-state index contributed by atoms with van der Waals surface area (Å²) < 4.78 is 5.79. The Hall–Kier alpha value is -0.580. The molecule has 1 saturated carbocycles. The van der Waals surface area contributed by atoms with Crippen molar-refractivity contribution in [3.05, 3.63) is 11.1 Å². The predicted octanol–water partition coefficient (Wildman–Crippen LogP) is -0.675. The number of ether oxygens (including phenoxy) is 1. The number of aliphatic hydroxyl groups is 7. The summed E-state index contributed by atoms with van der Waals surface area (Å²) in [6.45, 7) is 4.62. The lowest BCUT2D eigenvalue weighted by Crippen LogP contribution is -2.53. The van der Waals surface area contributed by atoms with E-state index in [2.05, 4.69) is 6.92 Å². The SMILES string of the molecule is CC1=C(COC(C(O)CO)C(O)C(O)CO)C2(C)CCCC(C)(CO)C2CC1O. The highest BCUT2D eigenvalue weighted by molar-refractivity contribution is 5.30. The second-order valence-corrected chi connectivity index (χ2v) is 9.31. The first-order valence-electron chi connectivity index (χ1n) is 10.4. The molecule has 0 spiro atoms. The Morgan fingerprint density at radius 3 is 2.21 bits per heavy atom. The van der Waals surface area contributed by atoms with Crippen molar-refractivity contribution in [2.24, 2.45) is 16.7 Å². The van der Waals surface area contributed by atoms with Crippen molar-refractivity contribution in [2.75, 3.05) is 26.4 Å². The van der Waals surface area contributed by atoms with Gasteiger partial charge in [-0.3, -0.25) is 0 Å². The zero-order chi connectivity index (χ0) is 22.0. The minimum absolute atomic E-state index is 0.00562. The van der Waals surface area contributed by atoms with E-state index in [1.54, 1.807) is 0 Å². The van der Waals surface area contributed by atoms with Crippen LogP contribution in [0.2, 0.25) is 0 Å². The van der Waals surface area contributed by atoms with Crippen LogP contribution in [0.25, 0.3) is 0 Å². The molecule has 8 unspecified atom stereocenters. The lowest BCUT2D eigenvalue weighted by atomic mass is 9.49. The van der Waals surface area contributed by atoms with Gasteiger partial charge in [0.05, 0.1) is 25.9 Å². The first-order valence-corrected chi connectivity index (χ1v) is 10.4. The van der Waals surface area contributed by atoms with Crippen molar-refractivity contribution in [3.63, 3.8) is 0 Å². The van der Waals surface area contributed by atoms with Gasteiger partial charge in [-0.2, -0.15) is 0 Å². The second kappa shape index (κ2) is 9.70. The molecule has 0 saturated heterocycles. The molecule has 8 nitrogen and oxygen atoms in total. The van der Waals surface area contributed by atoms with E-state index in [4.69, 9.17) is 9.84 Å². The summed E-state index contributed by atoms with van der Waals surface area (Å²) in [5.41, 5.74) is 0.993. The lowest BCUT2D eigenvalue weighted by molar-refractivity contribution is -0.149. The maximum Gasteiger partial charge on any atom is 0.114 e. The van der Waals surface area contributed by atoms with Gasteiger partial charge < -0.3 is 40.5 Å². The molecule has 2 aliphatic carbocycles. The molecule has 0 aromatic carbocycles. The molecule has 0 radical (unpaired) electrons. The quantitative estimate of drug-likeness (QED) is 0.244. The van der Waals surface area contributed by atoms with Gasteiger partial charge in [0.1, 0.15) is 24.4 Å². The number of rotatable bonds is 9. The molecule has 0 aromatic rings. The Morgan fingerprint density at radius 1 is 1.03 bits per heavy atom. The third kappa shape index (κ3) is 4.70. The minimum atomic E-state index is -1.59. The Balaban J connectivity index is 2.32. The van der Waals surface area contributed by atoms with E-state index in [1.807, 2.05) is 13.8 Å². The van der Waals surface area contributed by atoms with Crippen LogP contribution >= 0.6 is 0 Å². The standard InChI is InChI=1S/C21H38O8/c1-12-13(10-29-19(16(27)9-23)18(28)15(26)8-22)21(3)6-4-5-20(2,11-24)17(21)7-14(12)25/h14-19,22-28H,4-11H2,1-3H3. The molecule has 0 heterocycles. The largest absolute Gasteiger partial charge is 0.396 e. The summed E-state index contributed by atoms with van der Waals surface area (Å²) in [5.74, 6) is 0.0419. The molecule has 1 fully saturated rings. The summed E-state index contributed by atoms with van der Waals surface area (Å²) in [5, 5.41) is 69.2. The van der Waals surface area contributed by atoms with Gasteiger partial charge in [0.25, 0.3) is 0 Å². The van der Waals surface area contributed by atoms with E-state index < -0.39 is 43.7 Å². The fourth-order valence-corrected chi connectivity index (χ4v) is 5.45. The molecule has 8 atom stereocenters. The number of hydrogen-bond acceptors (Lipinski definition) is 8. The van der Waals surface area contributed by atoms with E-state index in [-0.39, 0.29) is 30.0 Å². The molecule has 8 heteroatoms. The number of hydrogen-bond donors (Lipinski definition) is 7. The van der Waals surface area contributed by atoms with Crippen molar-refractivity contribution >= 4 is 0 Å². The van der Waals surface area contributed by atoms with Gasteiger partial charge in [-0.05, 0) is 54.1 Å². The predicted molar refractivity (Wildman–Crippen MR) is 106 cm³/mol. The van der Waals surface area contributed by atoms with E-state index in [9.17, 15) is 30.6 Å². The van der Waals surface area contributed by atoms with Crippen LogP contribution in [0, 0.1) is 16.7 Å². The van der Waals surface area contributed by atoms with E-state index in [0.29, 0.717) is 6.42 Å². The normalized spacial score (nSPS) is 37.0. The summed E-state index contributed by atoms with van der Waals surface area (Å²) in [7, 11) is 0. The van der Waals surface area contributed by atoms with Crippen LogP contribution in [-0.4, -0.2) is 92.7 Å². The van der Waals surface area contributed by atoms with Crippen molar-refractivity contribution in [2.45, 2.75) is 77.0 Å². The summed E-state index contributed by atoms with van der Waals surface area (Å²) in [4.78, 5) is 0. The third-order valence-electron chi connectivity index (χ3n) is 7.44. The van der Waals surface area contributed by atoms with E-state index in [1.165, 1.54) is 0 Å². The van der Waals surface area contributed by atoms with Crippen LogP contribution in [-0.2, 0) is 4.74 Å². The Morgan fingerprint density at radius 2 is 1.66 bits per heavy atom. The molecular weight excluding hydrogens is 380 g/mol. The van der Waals surface area contributed by atoms with Gasteiger partial charge in [0, 0.05) is 6.61 Å². The minimum Gasteiger partial charge on any atom is -0.396 e. The fraction of sp³-hybridized carbons (Fsp3) is 0.905. The van der Waals surface area contributed by atoms with Crippen LogP contribution < -0.4 is 0 Å². The average molecular weight is 419 g/mol. The van der Waals surface area contributed by atoms with Gasteiger partial charge >= 0.3 is 0 Å². The van der Waals surface area contributed by atoms with Crippen molar-refractivity contribution < 1.29 is 40.5 Å². The van der Waals surface area contributed by atoms with Crippen LogP contribution in [0.5, 0.6) is 0 Å². The van der Waals surface area contributed by atoms with Gasteiger partial charge in [-0.25, -0.2) is 0 Å². The fourth-order valence-electron chi connectivity index (χ4n) is 5.45. The Bertz CT molecular complexity index is 581. The first kappa shape index (κ1) is 24.7. The zero-order valence-electron chi connectivity index (χ0n) is 17.7. The van der Waals surface area contributed by atoms with Crippen molar-refractivity contribution in [1.82, 2.24) is 0 Å². The lowest BCUT2D eigenvalue weighted by Gasteiger charge is -2.56. The second-order valence-electron chi connectivity index (χ2n) is 9.31. The molecule has 0 aliphatic heterocycles. The molecule has 7 N–H and O–H groups in total. The monoisotopic (exact) mass is 418 g/mol. The zero-order valence-corrected chi connectivity index (χ0v) is 17.7. The molecule has 29 heavy (non-hydrogen) atoms. The molecule has 0 bridgehead atoms. The number of aliphatic hydroxyl groups excluding tert-OH is 7. The summed E-state index contributed by atoms with van der Waals surface area (Å²) in [6.07, 6.45) is -3.33. The molecule has 2 rings (SSSR count). The van der Waals surface area contributed by atoms with Gasteiger partial charge in [0.2, 0.25) is 0 Å². The summed E-state index contributed by atoms with van der Waals surface area (Å²) in [6, 6.07) is 0. The third-order valence-corrected chi connectivity index (χ3v) is 7.44. The van der Waals surface area contributed by atoms with Crippen LogP contribution in [0.3, 0.4) is 0 Å². The van der Waals surface area contributed by atoms with Crippen LogP contribution in [0.4, 0.5) is 0 Å². The molecule has 2 aliphatic rings. The van der Waals surface area contributed by atoms with Crippen molar-refractivity contribution in [3.8, 4) is 0 Å². The van der Waals surface area contributed by atoms with Crippen molar-refractivity contribution in [1.29, 1.82) is 0 Å². The van der Waals surface area contributed by atoms with Gasteiger partial charge in [-0.15, -0.1) is 0 Å². The average Bonchev–Trinajstić information content (AvgIpc) is 2.71. The molecule has 170 valence electrons. The maximum atomic E-state index is 10.7. The first-order chi connectivity index (χ1) is 13.6. The number of fused-ring (bicyclic) bond motifs is 1. The highest BCUT2D eigenvalue weighted by Crippen LogP contribution is 2.59. The maximum absolute atomic E-state index is 10.7. The van der Waals surface area contributed by atoms with Gasteiger partial charge in [-0.1, -0.05) is 20.3 Å². The summed E-state index contributed by atoms with van der Waals surface area (Å²) >= 11 is 0. The Labute approximate surface area is 172 Å². The van der Waals surface area contributed by atoms with Crippen LogP contribution in [0.15, 0.2) is 11.1 Å². The Kier molecular flexibility index (Phi) is 8.26.